The van der Waals surface area contributed by atoms with Crippen molar-refractivity contribution in [1.82, 2.24) is 4.98 Å². The van der Waals surface area contributed by atoms with Crippen LogP contribution in [0.1, 0.15) is 15.9 Å². The molecule has 0 bridgehead atoms. The number of carbonyl (C=O) groups is 1. The van der Waals surface area contributed by atoms with Crippen molar-refractivity contribution < 1.29 is 9.21 Å². The maximum Gasteiger partial charge on any atom is 0.255 e. The van der Waals surface area contributed by atoms with E-state index >= 15 is 0 Å². The second-order valence-corrected chi connectivity index (χ2v) is 4.18. The van der Waals surface area contributed by atoms with Crippen molar-refractivity contribution in [3.05, 3.63) is 60.0 Å². The van der Waals surface area contributed by atoms with E-state index in [-0.39, 0.29) is 5.91 Å². The van der Waals surface area contributed by atoms with Gasteiger partial charge in [0.2, 0.25) is 0 Å². The number of hydrogen-bond acceptors (Lipinski definition) is 4. The molecule has 0 aliphatic carbocycles. The molecule has 0 atom stereocenters. The molecular weight excluding hydrogens is 254 g/mol. The molecule has 1 heterocycles. The zero-order valence-electron chi connectivity index (χ0n) is 10.3. The highest BCUT2D eigenvalue weighted by atomic mass is 16.3. The number of nitrogens with zero attached hydrogens (tertiary/aromatic N) is 2. The highest BCUT2D eigenvalue weighted by Gasteiger charge is 2.09. The third-order valence-corrected chi connectivity index (χ3v) is 2.84. The third-order valence-electron chi connectivity index (χ3n) is 2.84. The second kappa shape index (κ2) is 4.86. The Morgan fingerprint density at radius 1 is 1.25 bits per heavy atom. The Morgan fingerprint density at radius 2 is 2.15 bits per heavy atom. The lowest BCUT2D eigenvalue weighted by Gasteiger charge is -2.05. The largest absolute Gasteiger partial charge is 0.443 e. The van der Waals surface area contributed by atoms with E-state index in [1.54, 1.807) is 42.5 Å². The molecule has 0 saturated carbocycles. The summed E-state index contributed by atoms with van der Waals surface area (Å²) in [5.74, 6) is -0.265. The van der Waals surface area contributed by atoms with E-state index in [0.29, 0.717) is 27.9 Å². The van der Waals surface area contributed by atoms with Crippen LogP contribution in [0.25, 0.3) is 11.1 Å². The van der Waals surface area contributed by atoms with E-state index in [9.17, 15) is 4.79 Å². The van der Waals surface area contributed by atoms with Gasteiger partial charge in [0, 0.05) is 11.3 Å². The summed E-state index contributed by atoms with van der Waals surface area (Å²) in [5, 5.41) is 11.6. The van der Waals surface area contributed by atoms with Gasteiger partial charge < -0.3 is 9.73 Å². The molecule has 3 rings (SSSR count). The molecule has 0 spiro atoms. The average molecular weight is 263 g/mol. The van der Waals surface area contributed by atoms with Crippen LogP contribution in [0, 0.1) is 11.3 Å². The number of nitriles is 1. The number of amides is 1. The van der Waals surface area contributed by atoms with E-state index < -0.39 is 0 Å². The van der Waals surface area contributed by atoms with E-state index in [1.807, 2.05) is 6.07 Å². The lowest BCUT2D eigenvalue weighted by atomic mass is 10.1. The van der Waals surface area contributed by atoms with Crippen molar-refractivity contribution in [3.63, 3.8) is 0 Å². The normalized spacial score (nSPS) is 10.2. The molecule has 20 heavy (non-hydrogen) atoms. The van der Waals surface area contributed by atoms with Crippen LogP contribution < -0.4 is 5.32 Å². The molecule has 1 amide bonds. The van der Waals surface area contributed by atoms with Crippen LogP contribution in [0.4, 0.5) is 5.69 Å². The number of hydrogen-bond donors (Lipinski definition) is 1. The van der Waals surface area contributed by atoms with Gasteiger partial charge in [0.1, 0.15) is 5.52 Å². The van der Waals surface area contributed by atoms with Crippen LogP contribution in [0.3, 0.4) is 0 Å². The van der Waals surface area contributed by atoms with Crippen LogP contribution in [0.5, 0.6) is 0 Å². The van der Waals surface area contributed by atoms with Crippen LogP contribution in [0.2, 0.25) is 0 Å². The third kappa shape index (κ3) is 2.22. The van der Waals surface area contributed by atoms with Gasteiger partial charge in [-0.2, -0.15) is 5.26 Å². The summed E-state index contributed by atoms with van der Waals surface area (Å²) in [7, 11) is 0. The Bertz CT molecular complexity index is 830. The summed E-state index contributed by atoms with van der Waals surface area (Å²) in [4.78, 5) is 16.1. The number of aromatic nitrogens is 1. The molecule has 96 valence electrons. The van der Waals surface area contributed by atoms with Crippen LogP contribution >= 0.6 is 0 Å². The quantitative estimate of drug-likeness (QED) is 0.770. The molecule has 1 aromatic heterocycles. The summed E-state index contributed by atoms with van der Waals surface area (Å²) >= 11 is 0. The van der Waals surface area contributed by atoms with Gasteiger partial charge in [0.25, 0.3) is 5.91 Å². The van der Waals surface area contributed by atoms with Crippen molar-refractivity contribution in [2.24, 2.45) is 0 Å². The second-order valence-electron chi connectivity index (χ2n) is 4.18. The summed E-state index contributed by atoms with van der Waals surface area (Å²) in [6, 6.07) is 13.8. The van der Waals surface area contributed by atoms with Gasteiger partial charge in [-0.1, -0.05) is 6.07 Å². The molecule has 0 aliphatic rings. The van der Waals surface area contributed by atoms with Crippen molar-refractivity contribution in [3.8, 4) is 6.07 Å². The first-order valence-corrected chi connectivity index (χ1v) is 5.91. The lowest BCUT2D eigenvalue weighted by molar-refractivity contribution is 0.102. The SMILES string of the molecule is N#Cc1cccc(NC(=O)c2ccc3ncoc3c2)c1. The fourth-order valence-electron chi connectivity index (χ4n) is 1.87. The zero-order chi connectivity index (χ0) is 13.9. The molecule has 0 radical (unpaired) electrons. The van der Waals surface area contributed by atoms with Gasteiger partial charge in [0.05, 0.1) is 11.6 Å². The molecule has 2 aromatic carbocycles. The number of rotatable bonds is 2. The monoisotopic (exact) mass is 263 g/mol. The molecule has 3 aromatic rings. The van der Waals surface area contributed by atoms with Crippen molar-refractivity contribution >= 4 is 22.7 Å². The number of benzene rings is 2. The average Bonchev–Trinajstić information content (AvgIpc) is 2.94. The van der Waals surface area contributed by atoms with Crippen molar-refractivity contribution in [2.45, 2.75) is 0 Å². The maximum atomic E-state index is 12.1. The first kappa shape index (κ1) is 11.9. The molecule has 5 nitrogen and oxygen atoms in total. The van der Waals surface area contributed by atoms with Gasteiger partial charge in [-0.25, -0.2) is 4.98 Å². The van der Waals surface area contributed by atoms with Gasteiger partial charge in [-0.15, -0.1) is 0 Å². The summed E-state index contributed by atoms with van der Waals surface area (Å²) in [6.07, 6.45) is 1.34. The molecule has 0 unspecified atom stereocenters. The number of carbonyl (C=O) groups excluding carboxylic acids is 1. The molecular formula is C15H9N3O2. The van der Waals surface area contributed by atoms with Crippen molar-refractivity contribution in [2.75, 3.05) is 5.32 Å². The Labute approximate surface area is 114 Å². The number of fused-ring (bicyclic) bond motifs is 1. The molecule has 0 saturated heterocycles. The standard InChI is InChI=1S/C15H9N3O2/c16-8-10-2-1-3-12(6-10)18-15(19)11-4-5-13-14(7-11)20-9-17-13/h1-7,9H,(H,18,19). The van der Waals surface area contributed by atoms with Gasteiger partial charge in [-0.3, -0.25) is 4.79 Å². The summed E-state index contributed by atoms with van der Waals surface area (Å²) in [6.45, 7) is 0. The van der Waals surface area contributed by atoms with Gasteiger partial charge in [-0.05, 0) is 36.4 Å². The highest BCUT2D eigenvalue weighted by Crippen LogP contribution is 2.16. The molecule has 0 aliphatic heterocycles. The first-order valence-electron chi connectivity index (χ1n) is 5.91. The van der Waals surface area contributed by atoms with Gasteiger partial charge >= 0.3 is 0 Å². The van der Waals surface area contributed by atoms with E-state index in [0.717, 1.165) is 0 Å². The van der Waals surface area contributed by atoms with E-state index in [1.165, 1.54) is 6.39 Å². The summed E-state index contributed by atoms with van der Waals surface area (Å²) in [5.41, 5.74) is 2.80. The minimum atomic E-state index is -0.265. The molecule has 1 N–H and O–H groups in total. The first-order chi connectivity index (χ1) is 9.76. The minimum absolute atomic E-state index is 0.265. The lowest BCUT2D eigenvalue weighted by Crippen LogP contribution is -2.11. The van der Waals surface area contributed by atoms with Crippen molar-refractivity contribution in [1.29, 1.82) is 5.26 Å². The van der Waals surface area contributed by atoms with Crippen LogP contribution in [-0.2, 0) is 0 Å². The summed E-state index contributed by atoms with van der Waals surface area (Å²) < 4.78 is 5.16. The number of nitrogens with one attached hydrogen (secondary N) is 1. The predicted octanol–water partition coefficient (Wildman–Crippen LogP) is 2.95. The van der Waals surface area contributed by atoms with Gasteiger partial charge in [0.15, 0.2) is 12.0 Å². The van der Waals surface area contributed by atoms with Crippen LogP contribution in [-0.4, -0.2) is 10.9 Å². The van der Waals surface area contributed by atoms with Crippen LogP contribution in [0.15, 0.2) is 53.3 Å². The highest BCUT2D eigenvalue weighted by molar-refractivity contribution is 6.05. The minimum Gasteiger partial charge on any atom is -0.443 e. The predicted molar refractivity (Wildman–Crippen MR) is 73.1 cm³/mol. The molecule has 5 heteroatoms. The van der Waals surface area contributed by atoms with E-state index in [2.05, 4.69) is 10.3 Å². The fraction of sp³-hybridized carbons (Fsp3) is 0. The zero-order valence-corrected chi connectivity index (χ0v) is 10.3. The maximum absolute atomic E-state index is 12.1. The number of oxazole rings is 1. The Morgan fingerprint density at radius 3 is 3.00 bits per heavy atom. The smallest absolute Gasteiger partial charge is 0.255 e. The Hall–Kier alpha value is -3.13. The Kier molecular flexibility index (Phi) is 2.90. The Balaban J connectivity index is 1.86. The fourth-order valence-corrected chi connectivity index (χ4v) is 1.87. The van der Waals surface area contributed by atoms with E-state index in [4.69, 9.17) is 9.68 Å². The number of anilines is 1. The molecule has 0 fully saturated rings. The topological polar surface area (TPSA) is 78.9 Å².